The van der Waals surface area contributed by atoms with E-state index in [1.54, 1.807) is 0 Å². The van der Waals surface area contributed by atoms with Gasteiger partial charge >= 0.3 is 6.18 Å². The van der Waals surface area contributed by atoms with Gasteiger partial charge in [-0.2, -0.15) is 13.2 Å². The number of nitrogens with two attached hydrogens (primary N) is 1. The lowest BCUT2D eigenvalue weighted by molar-refractivity contribution is -0.208. The topological polar surface area (TPSA) is 77.0 Å². The molecule has 2 atom stereocenters. The average molecular weight is 252 g/mol. The number of aliphatic hydroxyl groups excluding tert-OH is 1. The Kier molecular flexibility index (Phi) is 4.10. The second-order valence-corrected chi connectivity index (χ2v) is 4.19. The fourth-order valence-corrected chi connectivity index (χ4v) is 1.18. The predicted octanol–water partition coefficient (Wildman–Crippen LogP) is 0.857. The summed E-state index contributed by atoms with van der Waals surface area (Å²) in [6.45, 7) is 3.06. The summed E-state index contributed by atoms with van der Waals surface area (Å²) in [5.41, 5.74) is 6.18. The third-order valence-electron chi connectivity index (χ3n) is 2.35. The number of hydrogen-bond donors (Lipinski definition) is 2. The van der Waals surface area contributed by atoms with Crippen LogP contribution in [-0.4, -0.2) is 32.4 Å². The van der Waals surface area contributed by atoms with Crippen molar-refractivity contribution < 1.29 is 18.3 Å². The molecule has 8 heteroatoms. The quantitative estimate of drug-likeness (QED) is 0.833. The van der Waals surface area contributed by atoms with Crippen LogP contribution in [0, 0.1) is 5.92 Å². The number of aliphatic hydroxyl groups is 1. The largest absolute Gasteiger partial charge is 0.416 e. The van der Waals surface area contributed by atoms with Crippen molar-refractivity contribution >= 4 is 0 Å². The van der Waals surface area contributed by atoms with Crippen LogP contribution in [0.5, 0.6) is 0 Å². The van der Waals surface area contributed by atoms with Gasteiger partial charge in [-0.1, -0.05) is 19.1 Å². The first-order valence-electron chi connectivity index (χ1n) is 5.12. The van der Waals surface area contributed by atoms with E-state index in [0.717, 1.165) is 4.68 Å². The minimum absolute atomic E-state index is 0.104. The number of aromatic nitrogens is 3. The Labute approximate surface area is 96.4 Å². The lowest BCUT2D eigenvalue weighted by Gasteiger charge is -2.14. The Bertz CT molecular complexity index is 363. The fourth-order valence-electron chi connectivity index (χ4n) is 1.18. The Hall–Kier alpha value is -1.15. The normalized spacial score (nSPS) is 16.2. The fraction of sp³-hybridized carbons (Fsp3) is 0.778. The summed E-state index contributed by atoms with van der Waals surface area (Å²) in [6, 6.07) is -0.383. The minimum Gasteiger partial charge on any atom is -0.382 e. The maximum absolute atomic E-state index is 12.1. The van der Waals surface area contributed by atoms with Crippen LogP contribution >= 0.6 is 0 Å². The van der Waals surface area contributed by atoms with Gasteiger partial charge in [0, 0.05) is 0 Å². The van der Waals surface area contributed by atoms with Gasteiger partial charge in [-0.05, 0) is 5.92 Å². The number of nitrogens with zero attached hydrogens (tertiary/aromatic N) is 3. The van der Waals surface area contributed by atoms with E-state index >= 15 is 0 Å². The maximum atomic E-state index is 12.1. The third kappa shape index (κ3) is 3.67. The molecule has 0 aliphatic heterocycles. The molecule has 0 saturated heterocycles. The Balaban J connectivity index is 2.69. The number of alkyl halides is 3. The van der Waals surface area contributed by atoms with Crippen LogP contribution < -0.4 is 5.73 Å². The number of rotatable bonds is 4. The molecule has 0 fully saturated rings. The molecule has 0 amide bonds. The van der Waals surface area contributed by atoms with E-state index in [0.29, 0.717) is 5.69 Å². The molecule has 0 bridgehead atoms. The smallest absolute Gasteiger partial charge is 0.382 e. The lowest BCUT2D eigenvalue weighted by Crippen LogP contribution is -2.33. The van der Waals surface area contributed by atoms with Crippen LogP contribution in [0.1, 0.15) is 25.6 Å². The van der Waals surface area contributed by atoms with Crippen LogP contribution in [0.3, 0.4) is 0 Å². The van der Waals surface area contributed by atoms with Crippen LogP contribution in [0.25, 0.3) is 0 Å². The molecular weight excluding hydrogens is 237 g/mol. The molecule has 0 aromatic carbocycles. The molecule has 0 saturated carbocycles. The summed E-state index contributed by atoms with van der Waals surface area (Å²) in [4.78, 5) is 0. The average Bonchev–Trinajstić information content (AvgIpc) is 2.63. The van der Waals surface area contributed by atoms with Gasteiger partial charge in [0.1, 0.15) is 0 Å². The van der Waals surface area contributed by atoms with E-state index in [9.17, 15) is 13.2 Å². The molecule has 1 rings (SSSR count). The Morgan fingerprint density at radius 1 is 1.47 bits per heavy atom. The van der Waals surface area contributed by atoms with Crippen molar-refractivity contribution in [3.05, 3.63) is 11.9 Å². The standard InChI is InChI=1S/C9H15F3N4O/c1-5(2)8(13)6-3-16(15-14-6)4-7(17)9(10,11)12/h3,5,7-8,17H,4,13H2,1-2H3. The summed E-state index contributed by atoms with van der Waals surface area (Å²) in [5.74, 6) is 0.104. The molecular formula is C9H15F3N4O. The highest BCUT2D eigenvalue weighted by Gasteiger charge is 2.38. The first kappa shape index (κ1) is 13.9. The monoisotopic (exact) mass is 252 g/mol. The molecule has 17 heavy (non-hydrogen) atoms. The van der Waals surface area contributed by atoms with Gasteiger partial charge in [0.05, 0.1) is 24.5 Å². The predicted molar refractivity (Wildman–Crippen MR) is 53.9 cm³/mol. The van der Waals surface area contributed by atoms with Gasteiger partial charge in [-0.15, -0.1) is 5.10 Å². The molecule has 1 aromatic rings. The second-order valence-electron chi connectivity index (χ2n) is 4.19. The van der Waals surface area contributed by atoms with Gasteiger partial charge in [0.25, 0.3) is 0 Å². The minimum atomic E-state index is -4.66. The molecule has 0 aliphatic rings. The van der Waals surface area contributed by atoms with E-state index in [-0.39, 0.29) is 12.0 Å². The SMILES string of the molecule is CC(C)C(N)c1cn(CC(O)C(F)(F)F)nn1. The highest BCUT2D eigenvalue weighted by atomic mass is 19.4. The van der Waals surface area contributed by atoms with Crippen molar-refractivity contribution in [2.75, 3.05) is 0 Å². The van der Waals surface area contributed by atoms with E-state index in [1.165, 1.54) is 6.20 Å². The van der Waals surface area contributed by atoms with Crippen molar-refractivity contribution in [1.82, 2.24) is 15.0 Å². The number of hydrogen-bond acceptors (Lipinski definition) is 4. The van der Waals surface area contributed by atoms with Crippen LogP contribution in [-0.2, 0) is 6.54 Å². The molecule has 1 heterocycles. The zero-order valence-corrected chi connectivity index (χ0v) is 9.52. The third-order valence-corrected chi connectivity index (χ3v) is 2.35. The molecule has 0 radical (unpaired) electrons. The lowest BCUT2D eigenvalue weighted by atomic mass is 10.0. The van der Waals surface area contributed by atoms with Gasteiger partial charge in [0.15, 0.2) is 6.10 Å². The summed E-state index contributed by atoms with van der Waals surface area (Å²) >= 11 is 0. The van der Waals surface area contributed by atoms with Gasteiger partial charge in [0.2, 0.25) is 0 Å². The van der Waals surface area contributed by atoms with Gasteiger partial charge in [-0.25, -0.2) is 4.68 Å². The maximum Gasteiger partial charge on any atom is 0.416 e. The van der Waals surface area contributed by atoms with E-state index in [1.807, 2.05) is 13.8 Å². The van der Waals surface area contributed by atoms with Crippen LogP contribution in [0.15, 0.2) is 6.20 Å². The van der Waals surface area contributed by atoms with E-state index < -0.39 is 18.8 Å². The van der Waals surface area contributed by atoms with Crippen molar-refractivity contribution in [3.8, 4) is 0 Å². The van der Waals surface area contributed by atoms with Crippen LogP contribution in [0.2, 0.25) is 0 Å². The molecule has 2 unspecified atom stereocenters. The first-order valence-corrected chi connectivity index (χ1v) is 5.12. The van der Waals surface area contributed by atoms with Crippen LogP contribution in [0.4, 0.5) is 13.2 Å². The van der Waals surface area contributed by atoms with Crippen molar-refractivity contribution in [3.63, 3.8) is 0 Å². The van der Waals surface area contributed by atoms with Gasteiger partial charge < -0.3 is 10.8 Å². The summed E-state index contributed by atoms with van der Waals surface area (Å²) in [5, 5.41) is 16.0. The van der Waals surface area contributed by atoms with Crippen molar-refractivity contribution in [1.29, 1.82) is 0 Å². The summed E-state index contributed by atoms with van der Waals surface area (Å²) in [7, 11) is 0. The van der Waals surface area contributed by atoms with E-state index in [2.05, 4.69) is 10.3 Å². The molecule has 0 spiro atoms. The molecule has 5 nitrogen and oxygen atoms in total. The van der Waals surface area contributed by atoms with Gasteiger partial charge in [-0.3, -0.25) is 0 Å². The number of halogens is 3. The summed E-state index contributed by atoms with van der Waals surface area (Å²) in [6.07, 6.45) is -5.79. The Morgan fingerprint density at radius 3 is 2.53 bits per heavy atom. The van der Waals surface area contributed by atoms with Crippen molar-refractivity contribution in [2.24, 2.45) is 11.7 Å². The van der Waals surface area contributed by atoms with Crippen molar-refractivity contribution in [2.45, 2.75) is 38.7 Å². The molecule has 3 N–H and O–H groups in total. The molecule has 98 valence electrons. The Morgan fingerprint density at radius 2 is 2.06 bits per heavy atom. The zero-order valence-electron chi connectivity index (χ0n) is 9.52. The second kappa shape index (κ2) is 5.01. The van der Waals surface area contributed by atoms with E-state index in [4.69, 9.17) is 10.8 Å². The molecule has 1 aromatic heterocycles. The highest BCUT2D eigenvalue weighted by molar-refractivity contribution is 5.00. The summed E-state index contributed by atoms with van der Waals surface area (Å²) < 4.78 is 37.2. The highest BCUT2D eigenvalue weighted by Crippen LogP contribution is 2.21. The zero-order chi connectivity index (χ0) is 13.2. The molecule has 0 aliphatic carbocycles. The first-order chi connectivity index (χ1) is 7.71.